The van der Waals surface area contributed by atoms with E-state index in [4.69, 9.17) is 10.5 Å². The molecule has 2 N–H and O–H groups in total. The molecule has 2 rings (SSSR count). The highest BCUT2D eigenvalue weighted by Gasteiger charge is 2.18. The van der Waals surface area contributed by atoms with Crippen molar-refractivity contribution in [1.29, 1.82) is 0 Å². The number of halogens is 1. The average molecular weight is 275 g/mol. The zero-order valence-corrected chi connectivity index (χ0v) is 8.74. The van der Waals surface area contributed by atoms with Gasteiger partial charge < -0.3 is 10.5 Å². The van der Waals surface area contributed by atoms with Crippen LogP contribution in [0.3, 0.4) is 0 Å². The van der Waals surface area contributed by atoms with Gasteiger partial charge in [-0.25, -0.2) is 0 Å². The second-order valence-electron chi connectivity index (χ2n) is 2.93. The minimum absolute atomic E-state index is 0.0573. The summed E-state index contributed by atoms with van der Waals surface area (Å²) in [7, 11) is 0. The van der Waals surface area contributed by atoms with E-state index in [9.17, 15) is 0 Å². The van der Waals surface area contributed by atoms with Gasteiger partial charge in [-0.15, -0.1) is 0 Å². The van der Waals surface area contributed by atoms with E-state index in [2.05, 4.69) is 34.7 Å². The summed E-state index contributed by atoms with van der Waals surface area (Å²) in [5.41, 5.74) is 8.42. The fourth-order valence-electron chi connectivity index (χ4n) is 1.50. The van der Waals surface area contributed by atoms with E-state index in [-0.39, 0.29) is 6.04 Å². The van der Waals surface area contributed by atoms with Gasteiger partial charge in [0.2, 0.25) is 0 Å². The van der Waals surface area contributed by atoms with Crippen LogP contribution in [0.5, 0.6) is 0 Å². The van der Waals surface area contributed by atoms with Gasteiger partial charge >= 0.3 is 0 Å². The molecule has 0 saturated heterocycles. The second kappa shape index (κ2) is 3.32. The first-order valence-electron chi connectivity index (χ1n) is 3.89. The van der Waals surface area contributed by atoms with Crippen LogP contribution in [0.2, 0.25) is 0 Å². The Bertz CT molecular complexity index is 301. The number of nitrogens with two attached hydrogens (primary N) is 1. The minimum atomic E-state index is 0.0573. The highest BCUT2D eigenvalue weighted by Crippen LogP contribution is 2.27. The van der Waals surface area contributed by atoms with Crippen molar-refractivity contribution in [3.63, 3.8) is 0 Å². The molecule has 12 heavy (non-hydrogen) atoms. The molecule has 0 aliphatic carbocycles. The Labute approximate surface area is 85.2 Å². The molecular weight excluding hydrogens is 265 g/mol. The average Bonchev–Trinajstić information content (AvgIpc) is 2.04. The molecule has 0 bridgehead atoms. The van der Waals surface area contributed by atoms with Crippen LogP contribution in [-0.4, -0.2) is 6.61 Å². The van der Waals surface area contributed by atoms with Gasteiger partial charge in [-0.3, -0.25) is 0 Å². The Morgan fingerprint density at radius 1 is 1.50 bits per heavy atom. The summed E-state index contributed by atoms with van der Waals surface area (Å²) in [6, 6.07) is 6.27. The molecule has 1 aliphatic rings. The SMILES string of the molecule is N[C@@H]1COCc2cccc(I)c21. The largest absolute Gasteiger partial charge is 0.375 e. The molecule has 1 atom stereocenters. The molecule has 0 saturated carbocycles. The molecule has 0 fully saturated rings. The predicted octanol–water partition coefficient (Wildman–Crippen LogP) is 1.82. The number of rotatable bonds is 0. The van der Waals surface area contributed by atoms with Crippen LogP contribution in [0.4, 0.5) is 0 Å². The molecule has 1 aromatic rings. The normalized spacial score (nSPS) is 22.0. The maximum Gasteiger partial charge on any atom is 0.0721 e. The molecule has 1 aromatic carbocycles. The number of fused-ring (bicyclic) bond motifs is 1. The molecule has 0 spiro atoms. The van der Waals surface area contributed by atoms with Crippen LogP contribution < -0.4 is 5.73 Å². The van der Waals surface area contributed by atoms with Gasteiger partial charge in [0.15, 0.2) is 0 Å². The maximum atomic E-state index is 5.92. The van der Waals surface area contributed by atoms with Crippen molar-refractivity contribution in [3.05, 3.63) is 32.9 Å². The van der Waals surface area contributed by atoms with Crippen molar-refractivity contribution in [2.75, 3.05) is 6.61 Å². The topological polar surface area (TPSA) is 35.2 Å². The van der Waals surface area contributed by atoms with Crippen LogP contribution in [0.15, 0.2) is 18.2 Å². The van der Waals surface area contributed by atoms with E-state index >= 15 is 0 Å². The van der Waals surface area contributed by atoms with Crippen LogP contribution in [-0.2, 0) is 11.3 Å². The van der Waals surface area contributed by atoms with Crippen molar-refractivity contribution in [2.24, 2.45) is 5.73 Å². The number of benzene rings is 1. The quantitative estimate of drug-likeness (QED) is 0.733. The summed E-state index contributed by atoms with van der Waals surface area (Å²) in [6.45, 7) is 1.35. The second-order valence-corrected chi connectivity index (χ2v) is 4.10. The third-order valence-corrected chi connectivity index (χ3v) is 3.01. The fourth-order valence-corrected chi connectivity index (χ4v) is 2.46. The van der Waals surface area contributed by atoms with Gasteiger partial charge in [0.1, 0.15) is 0 Å². The van der Waals surface area contributed by atoms with Gasteiger partial charge in [0.05, 0.1) is 19.3 Å². The zero-order chi connectivity index (χ0) is 8.55. The third kappa shape index (κ3) is 1.36. The van der Waals surface area contributed by atoms with Crippen molar-refractivity contribution >= 4 is 22.6 Å². The van der Waals surface area contributed by atoms with Gasteiger partial charge in [-0.1, -0.05) is 12.1 Å². The Hall–Kier alpha value is -0.130. The highest BCUT2D eigenvalue weighted by atomic mass is 127. The maximum absolute atomic E-state index is 5.92. The lowest BCUT2D eigenvalue weighted by atomic mass is 10.0. The van der Waals surface area contributed by atoms with E-state index in [1.807, 2.05) is 6.07 Å². The molecule has 0 aromatic heterocycles. The highest BCUT2D eigenvalue weighted by molar-refractivity contribution is 14.1. The standard InChI is InChI=1S/C9H10INO/c10-7-3-1-2-6-4-12-5-8(11)9(6)7/h1-3,8H,4-5,11H2/t8-/m1/s1. The lowest BCUT2D eigenvalue weighted by Gasteiger charge is -2.23. The van der Waals surface area contributed by atoms with E-state index < -0.39 is 0 Å². The van der Waals surface area contributed by atoms with Crippen molar-refractivity contribution in [2.45, 2.75) is 12.6 Å². The lowest BCUT2D eigenvalue weighted by Crippen LogP contribution is -2.24. The van der Waals surface area contributed by atoms with Crippen molar-refractivity contribution in [1.82, 2.24) is 0 Å². The van der Waals surface area contributed by atoms with Gasteiger partial charge in [0.25, 0.3) is 0 Å². The Kier molecular flexibility index (Phi) is 2.34. The first-order valence-corrected chi connectivity index (χ1v) is 4.97. The van der Waals surface area contributed by atoms with Crippen molar-refractivity contribution < 1.29 is 4.74 Å². The molecular formula is C9H10INO. The molecule has 2 nitrogen and oxygen atoms in total. The number of ether oxygens (including phenoxy) is 1. The molecule has 1 aliphatic heterocycles. The molecule has 0 unspecified atom stereocenters. The first-order chi connectivity index (χ1) is 5.79. The minimum Gasteiger partial charge on any atom is -0.375 e. The molecule has 0 amide bonds. The van der Waals surface area contributed by atoms with Crippen LogP contribution in [0, 0.1) is 3.57 Å². The summed E-state index contributed by atoms with van der Waals surface area (Å²) in [5, 5.41) is 0. The smallest absolute Gasteiger partial charge is 0.0721 e. The van der Waals surface area contributed by atoms with E-state index in [0.717, 1.165) is 0 Å². The summed E-state index contributed by atoms with van der Waals surface area (Å²) in [5.74, 6) is 0. The summed E-state index contributed by atoms with van der Waals surface area (Å²) in [6.07, 6.45) is 0. The molecule has 3 heteroatoms. The number of hydrogen-bond acceptors (Lipinski definition) is 2. The van der Waals surface area contributed by atoms with Crippen molar-refractivity contribution in [3.8, 4) is 0 Å². The van der Waals surface area contributed by atoms with Crippen LogP contribution >= 0.6 is 22.6 Å². The van der Waals surface area contributed by atoms with E-state index in [1.54, 1.807) is 0 Å². The lowest BCUT2D eigenvalue weighted by molar-refractivity contribution is 0.0920. The third-order valence-electron chi connectivity index (χ3n) is 2.07. The summed E-state index contributed by atoms with van der Waals surface area (Å²) < 4.78 is 6.59. The van der Waals surface area contributed by atoms with Gasteiger partial charge in [-0.05, 0) is 39.8 Å². The molecule has 0 radical (unpaired) electrons. The monoisotopic (exact) mass is 275 g/mol. The number of hydrogen-bond donors (Lipinski definition) is 1. The van der Waals surface area contributed by atoms with Crippen LogP contribution in [0.25, 0.3) is 0 Å². The first kappa shape index (κ1) is 8.47. The Morgan fingerprint density at radius 2 is 2.33 bits per heavy atom. The van der Waals surface area contributed by atoms with Gasteiger partial charge in [0, 0.05) is 3.57 Å². The summed E-state index contributed by atoms with van der Waals surface area (Å²) >= 11 is 2.32. The fraction of sp³-hybridized carbons (Fsp3) is 0.333. The van der Waals surface area contributed by atoms with Gasteiger partial charge in [-0.2, -0.15) is 0 Å². The Morgan fingerprint density at radius 3 is 3.08 bits per heavy atom. The van der Waals surface area contributed by atoms with Crippen LogP contribution in [0.1, 0.15) is 17.2 Å². The predicted molar refractivity (Wildman–Crippen MR) is 55.7 cm³/mol. The zero-order valence-electron chi connectivity index (χ0n) is 6.59. The molecule has 64 valence electrons. The Balaban J connectivity index is 2.53. The van der Waals surface area contributed by atoms with E-state index in [0.29, 0.717) is 13.2 Å². The molecule has 1 heterocycles. The van der Waals surface area contributed by atoms with E-state index in [1.165, 1.54) is 14.7 Å². The summed E-state index contributed by atoms with van der Waals surface area (Å²) in [4.78, 5) is 0.